The lowest BCUT2D eigenvalue weighted by Crippen LogP contribution is -2.20. The summed E-state index contributed by atoms with van der Waals surface area (Å²) in [5.74, 6) is 1.63. The number of para-hydroxylation sites is 1. The van der Waals surface area contributed by atoms with Crippen LogP contribution in [0, 0.1) is 0 Å². The predicted molar refractivity (Wildman–Crippen MR) is 124 cm³/mol. The molecule has 31 heavy (non-hydrogen) atoms. The largest absolute Gasteiger partial charge is 0.455 e. The number of nitrogens with zero attached hydrogens (tertiary/aromatic N) is 3. The normalized spacial score (nSPS) is 11.4. The predicted octanol–water partition coefficient (Wildman–Crippen LogP) is 5.86. The summed E-state index contributed by atoms with van der Waals surface area (Å²) >= 11 is 6.07. The lowest BCUT2D eigenvalue weighted by molar-refractivity contribution is 0.574. The highest BCUT2D eigenvalue weighted by Crippen LogP contribution is 2.24. The first-order valence-electron chi connectivity index (χ1n) is 9.66. The van der Waals surface area contributed by atoms with Crippen molar-refractivity contribution in [1.29, 1.82) is 0 Å². The summed E-state index contributed by atoms with van der Waals surface area (Å²) in [5.41, 5.74) is 2.03. The van der Waals surface area contributed by atoms with Crippen LogP contribution in [-0.4, -0.2) is 15.9 Å². The average molecular weight is 426 g/mol. The van der Waals surface area contributed by atoms with Gasteiger partial charge in [-0.1, -0.05) is 66.2 Å². The molecule has 0 N–H and O–H groups in total. The fourth-order valence-corrected chi connectivity index (χ4v) is 3.53. The van der Waals surface area contributed by atoms with Crippen LogP contribution >= 0.6 is 11.6 Å². The second-order valence-corrected chi connectivity index (χ2v) is 7.33. The number of fused-ring (bicyclic) bond motifs is 1. The molecule has 6 heteroatoms. The third-order valence-corrected chi connectivity index (χ3v) is 5.06. The molecule has 0 bridgehead atoms. The molecule has 0 unspecified atom stereocenters. The van der Waals surface area contributed by atoms with Crippen molar-refractivity contribution in [3.8, 4) is 22.7 Å². The van der Waals surface area contributed by atoms with Gasteiger partial charge in [0.25, 0.3) is 5.56 Å². The van der Waals surface area contributed by atoms with E-state index < -0.39 is 0 Å². The van der Waals surface area contributed by atoms with Crippen molar-refractivity contribution in [1.82, 2.24) is 9.66 Å². The van der Waals surface area contributed by atoms with E-state index in [1.807, 2.05) is 72.8 Å². The van der Waals surface area contributed by atoms with Crippen LogP contribution < -0.4 is 5.56 Å². The van der Waals surface area contributed by atoms with E-state index in [-0.39, 0.29) is 5.56 Å². The van der Waals surface area contributed by atoms with Gasteiger partial charge in [0.15, 0.2) is 5.82 Å². The molecule has 0 aliphatic rings. The van der Waals surface area contributed by atoms with E-state index in [1.165, 1.54) is 10.9 Å². The smallest absolute Gasteiger partial charge is 0.282 e. The Hall–Kier alpha value is -3.96. The van der Waals surface area contributed by atoms with Crippen molar-refractivity contribution in [3.63, 3.8) is 0 Å². The van der Waals surface area contributed by atoms with Gasteiger partial charge in [0.05, 0.1) is 17.1 Å². The zero-order chi connectivity index (χ0) is 21.2. The minimum Gasteiger partial charge on any atom is -0.455 e. The van der Waals surface area contributed by atoms with Crippen molar-refractivity contribution in [2.24, 2.45) is 5.10 Å². The summed E-state index contributed by atoms with van der Waals surface area (Å²) in [5, 5.41) is 5.55. The van der Waals surface area contributed by atoms with Gasteiger partial charge in [0, 0.05) is 16.1 Å². The zero-order valence-electron chi connectivity index (χ0n) is 16.3. The van der Waals surface area contributed by atoms with Gasteiger partial charge in [-0.15, -0.1) is 0 Å². The van der Waals surface area contributed by atoms with E-state index in [9.17, 15) is 4.79 Å². The summed E-state index contributed by atoms with van der Waals surface area (Å²) in [7, 11) is 0. The summed E-state index contributed by atoms with van der Waals surface area (Å²) in [6, 6.07) is 27.8. The lowest BCUT2D eigenvalue weighted by Gasteiger charge is -2.09. The second kappa shape index (κ2) is 8.05. The third-order valence-electron chi connectivity index (χ3n) is 4.82. The number of hydrogen-bond donors (Lipinski definition) is 0. The number of furan rings is 1. The SMILES string of the molecule is O=c1c2ccccc2nc(-c2ccccc2)n1N=Cc1ccc(-c2cccc(Cl)c2)o1. The Labute approximate surface area is 182 Å². The molecular formula is C25H16ClN3O2. The highest BCUT2D eigenvalue weighted by Gasteiger charge is 2.12. The Morgan fingerprint density at radius 3 is 2.48 bits per heavy atom. The Morgan fingerprint density at radius 1 is 0.871 bits per heavy atom. The molecule has 5 rings (SSSR count). The van der Waals surface area contributed by atoms with Crippen molar-refractivity contribution in [3.05, 3.63) is 112 Å². The lowest BCUT2D eigenvalue weighted by atomic mass is 10.2. The molecule has 0 fully saturated rings. The summed E-state index contributed by atoms with van der Waals surface area (Å²) in [4.78, 5) is 17.9. The molecule has 0 atom stereocenters. The molecule has 0 radical (unpaired) electrons. The Balaban J connectivity index is 1.60. The van der Waals surface area contributed by atoms with E-state index in [0.29, 0.717) is 33.3 Å². The van der Waals surface area contributed by atoms with Crippen LogP contribution in [0.3, 0.4) is 0 Å². The van der Waals surface area contributed by atoms with Gasteiger partial charge >= 0.3 is 0 Å². The maximum atomic E-state index is 13.2. The standard InChI is InChI=1S/C25H16ClN3O2/c26-19-10-6-9-18(15-19)23-14-13-20(31-23)16-27-29-24(17-7-2-1-3-8-17)28-22-12-5-4-11-21(22)25(29)30/h1-16H. The fraction of sp³-hybridized carbons (Fsp3) is 0. The molecule has 0 saturated heterocycles. The molecule has 5 nitrogen and oxygen atoms in total. The van der Waals surface area contributed by atoms with Crippen LogP contribution in [0.1, 0.15) is 5.76 Å². The number of benzene rings is 3. The maximum Gasteiger partial charge on any atom is 0.282 e. The first kappa shape index (κ1) is 19.0. The molecule has 0 aliphatic carbocycles. The summed E-state index contributed by atoms with van der Waals surface area (Å²) in [6.07, 6.45) is 1.51. The van der Waals surface area contributed by atoms with Gasteiger partial charge in [-0.3, -0.25) is 4.79 Å². The second-order valence-electron chi connectivity index (χ2n) is 6.89. The van der Waals surface area contributed by atoms with E-state index in [4.69, 9.17) is 16.0 Å². The van der Waals surface area contributed by atoms with E-state index >= 15 is 0 Å². The number of hydrogen-bond acceptors (Lipinski definition) is 4. The molecule has 5 aromatic rings. The fourth-order valence-electron chi connectivity index (χ4n) is 3.34. The number of halogens is 1. The quantitative estimate of drug-likeness (QED) is 0.339. The zero-order valence-corrected chi connectivity index (χ0v) is 17.0. The van der Waals surface area contributed by atoms with Crippen molar-refractivity contribution in [2.75, 3.05) is 0 Å². The van der Waals surface area contributed by atoms with Crippen LogP contribution in [-0.2, 0) is 0 Å². The van der Waals surface area contributed by atoms with Crippen LogP contribution in [0.4, 0.5) is 0 Å². The van der Waals surface area contributed by atoms with E-state index in [0.717, 1.165) is 11.1 Å². The highest BCUT2D eigenvalue weighted by molar-refractivity contribution is 6.30. The molecular weight excluding hydrogens is 410 g/mol. The van der Waals surface area contributed by atoms with Gasteiger partial charge in [0.1, 0.15) is 11.5 Å². The molecule has 2 aromatic heterocycles. The summed E-state index contributed by atoms with van der Waals surface area (Å²) < 4.78 is 7.18. The molecule has 2 heterocycles. The van der Waals surface area contributed by atoms with Gasteiger partial charge < -0.3 is 4.42 Å². The first-order valence-corrected chi connectivity index (χ1v) is 10.0. The topological polar surface area (TPSA) is 60.4 Å². The Bertz CT molecular complexity index is 1470. The molecule has 150 valence electrons. The van der Waals surface area contributed by atoms with Crippen LogP contribution in [0.5, 0.6) is 0 Å². The van der Waals surface area contributed by atoms with E-state index in [2.05, 4.69) is 10.1 Å². The van der Waals surface area contributed by atoms with Crippen molar-refractivity contribution < 1.29 is 4.42 Å². The van der Waals surface area contributed by atoms with Crippen LogP contribution in [0.15, 0.2) is 105 Å². The molecule has 0 saturated carbocycles. The Kier molecular flexibility index (Phi) is 4.94. The minimum absolute atomic E-state index is 0.248. The van der Waals surface area contributed by atoms with Gasteiger partial charge in [0.2, 0.25) is 0 Å². The third kappa shape index (κ3) is 3.79. The number of rotatable bonds is 4. The monoisotopic (exact) mass is 425 g/mol. The molecule has 0 amide bonds. The van der Waals surface area contributed by atoms with Crippen molar-refractivity contribution >= 4 is 28.7 Å². The molecule has 3 aromatic carbocycles. The highest BCUT2D eigenvalue weighted by atomic mass is 35.5. The van der Waals surface area contributed by atoms with Crippen LogP contribution in [0.25, 0.3) is 33.6 Å². The first-order chi connectivity index (χ1) is 15.2. The van der Waals surface area contributed by atoms with Gasteiger partial charge in [-0.05, 0) is 36.4 Å². The maximum absolute atomic E-state index is 13.2. The minimum atomic E-state index is -0.248. The van der Waals surface area contributed by atoms with Gasteiger partial charge in [-0.2, -0.15) is 9.78 Å². The van der Waals surface area contributed by atoms with Gasteiger partial charge in [-0.25, -0.2) is 4.98 Å². The van der Waals surface area contributed by atoms with E-state index in [1.54, 1.807) is 18.2 Å². The van der Waals surface area contributed by atoms with Crippen LogP contribution in [0.2, 0.25) is 5.02 Å². The summed E-state index contributed by atoms with van der Waals surface area (Å²) in [6.45, 7) is 0. The molecule has 0 aliphatic heterocycles. The average Bonchev–Trinajstić information content (AvgIpc) is 3.28. The van der Waals surface area contributed by atoms with Crippen molar-refractivity contribution in [2.45, 2.75) is 0 Å². The number of aromatic nitrogens is 2. The molecule has 0 spiro atoms. The Morgan fingerprint density at radius 2 is 1.65 bits per heavy atom.